The van der Waals surface area contributed by atoms with E-state index in [0.717, 1.165) is 33.5 Å². The lowest BCUT2D eigenvalue weighted by atomic mass is 9.97. The second kappa shape index (κ2) is 9.93. The van der Waals surface area contributed by atoms with E-state index in [9.17, 15) is 9.59 Å². The van der Waals surface area contributed by atoms with Crippen molar-refractivity contribution in [3.05, 3.63) is 75.7 Å². The van der Waals surface area contributed by atoms with Crippen LogP contribution in [0.2, 0.25) is 0 Å². The van der Waals surface area contributed by atoms with Gasteiger partial charge < -0.3 is 14.0 Å². The molecule has 1 aromatic heterocycles. The third-order valence-corrected chi connectivity index (χ3v) is 5.73. The molecule has 2 N–H and O–H groups in total. The molecule has 8 heteroatoms. The van der Waals surface area contributed by atoms with Crippen LogP contribution >= 0.6 is 0 Å². The molecule has 0 bridgehead atoms. The first-order valence-electron chi connectivity index (χ1n) is 11.2. The zero-order valence-corrected chi connectivity index (χ0v) is 19.6. The Morgan fingerprint density at radius 2 is 2.00 bits per heavy atom. The highest BCUT2D eigenvalue weighted by molar-refractivity contribution is 5.95. The quantitative estimate of drug-likeness (QED) is 0.428. The van der Waals surface area contributed by atoms with Gasteiger partial charge >= 0.3 is 5.97 Å². The van der Waals surface area contributed by atoms with Crippen molar-refractivity contribution in [1.82, 2.24) is 9.58 Å². The average molecular weight is 461 g/mol. The molecule has 2 aromatic carbocycles. The Balaban J connectivity index is 1.80. The number of methoxy groups -OCH3 is 1. The fourth-order valence-corrected chi connectivity index (χ4v) is 4.13. The van der Waals surface area contributed by atoms with Gasteiger partial charge in [0.25, 0.3) is 0 Å². The predicted octanol–water partition coefficient (Wildman–Crippen LogP) is 3.52. The van der Waals surface area contributed by atoms with E-state index in [-0.39, 0.29) is 17.6 Å². The van der Waals surface area contributed by atoms with Crippen LogP contribution in [0.4, 0.5) is 0 Å². The Morgan fingerprint density at radius 1 is 1.18 bits per heavy atom. The SMILES string of the molecule is CCOC(=O)c1cn(CC)c2cc(-c3cc(CC4=CN(N)CN=C4)ccc3OC)ccc2c1=O. The van der Waals surface area contributed by atoms with Crippen LogP contribution in [-0.2, 0) is 17.7 Å². The molecule has 0 unspecified atom stereocenters. The van der Waals surface area contributed by atoms with Gasteiger partial charge in [-0.05, 0) is 54.8 Å². The van der Waals surface area contributed by atoms with Crippen molar-refractivity contribution in [3.8, 4) is 16.9 Å². The zero-order chi connectivity index (χ0) is 24.2. The van der Waals surface area contributed by atoms with Crippen molar-refractivity contribution in [1.29, 1.82) is 0 Å². The molecule has 1 aliphatic heterocycles. The van der Waals surface area contributed by atoms with Crippen molar-refractivity contribution in [3.63, 3.8) is 0 Å². The largest absolute Gasteiger partial charge is 0.496 e. The van der Waals surface area contributed by atoms with Crippen molar-refractivity contribution < 1.29 is 14.3 Å². The number of hydrogen-bond acceptors (Lipinski definition) is 7. The number of hydrazine groups is 1. The van der Waals surface area contributed by atoms with Gasteiger partial charge in [-0.2, -0.15) is 0 Å². The summed E-state index contributed by atoms with van der Waals surface area (Å²) in [6.45, 7) is 4.93. The van der Waals surface area contributed by atoms with E-state index in [4.69, 9.17) is 15.3 Å². The summed E-state index contributed by atoms with van der Waals surface area (Å²) in [4.78, 5) is 29.6. The number of hydrogen-bond donors (Lipinski definition) is 1. The third-order valence-electron chi connectivity index (χ3n) is 5.73. The minimum absolute atomic E-state index is 0.0416. The number of benzene rings is 2. The summed E-state index contributed by atoms with van der Waals surface area (Å²) < 4.78 is 12.6. The Kier molecular flexibility index (Phi) is 6.79. The number of aliphatic imine (C=N–C) groups is 1. The number of nitrogens with zero attached hydrogens (tertiary/aromatic N) is 3. The van der Waals surface area contributed by atoms with Gasteiger partial charge in [0, 0.05) is 42.5 Å². The number of aryl methyl sites for hydroxylation is 1. The molecule has 0 aliphatic carbocycles. The first-order chi connectivity index (χ1) is 16.4. The van der Waals surface area contributed by atoms with Gasteiger partial charge in [-0.25, -0.2) is 10.6 Å². The van der Waals surface area contributed by atoms with E-state index in [1.54, 1.807) is 31.3 Å². The van der Waals surface area contributed by atoms with Crippen LogP contribution in [0.15, 0.2) is 64.2 Å². The van der Waals surface area contributed by atoms with Crippen LogP contribution in [-0.4, -0.2) is 42.1 Å². The number of carbonyl (C=O) groups is 1. The van der Waals surface area contributed by atoms with E-state index >= 15 is 0 Å². The summed E-state index contributed by atoms with van der Waals surface area (Å²) in [5.41, 5.74) is 4.35. The van der Waals surface area contributed by atoms with Gasteiger partial charge in [-0.1, -0.05) is 12.1 Å². The van der Waals surface area contributed by atoms with Gasteiger partial charge in [0.2, 0.25) is 5.43 Å². The Bertz CT molecular complexity index is 1360. The van der Waals surface area contributed by atoms with E-state index in [0.29, 0.717) is 25.0 Å². The van der Waals surface area contributed by atoms with Gasteiger partial charge in [-0.3, -0.25) is 14.8 Å². The number of ether oxygens (including phenoxy) is 2. The number of aromatic nitrogens is 1. The lowest BCUT2D eigenvalue weighted by Crippen LogP contribution is -2.28. The number of allylic oxidation sites excluding steroid dienone is 1. The Morgan fingerprint density at radius 3 is 2.71 bits per heavy atom. The van der Waals surface area contributed by atoms with E-state index < -0.39 is 5.97 Å². The molecule has 0 amide bonds. The Hall–Kier alpha value is -3.91. The molecule has 3 aromatic rings. The maximum Gasteiger partial charge on any atom is 0.343 e. The van der Waals surface area contributed by atoms with Crippen LogP contribution < -0.4 is 16.0 Å². The van der Waals surface area contributed by atoms with Crippen molar-refractivity contribution in [2.45, 2.75) is 26.8 Å². The van der Waals surface area contributed by atoms with E-state index in [1.165, 1.54) is 0 Å². The van der Waals surface area contributed by atoms with Gasteiger partial charge in [0.1, 0.15) is 18.0 Å². The second-order valence-corrected chi connectivity index (χ2v) is 7.99. The molecule has 0 radical (unpaired) electrons. The summed E-state index contributed by atoms with van der Waals surface area (Å²) in [5.74, 6) is 5.97. The smallest absolute Gasteiger partial charge is 0.343 e. The minimum Gasteiger partial charge on any atom is -0.496 e. The molecule has 0 saturated heterocycles. The molecule has 8 nitrogen and oxygen atoms in total. The normalized spacial score (nSPS) is 13.2. The minimum atomic E-state index is -0.605. The van der Waals surface area contributed by atoms with Crippen LogP contribution in [0, 0.1) is 0 Å². The van der Waals surface area contributed by atoms with Gasteiger partial charge in [-0.15, -0.1) is 0 Å². The highest BCUT2D eigenvalue weighted by atomic mass is 16.5. The Labute approximate surface area is 197 Å². The first-order valence-corrected chi connectivity index (χ1v) is 11.2. The molecular weight excluding hydrogens is 432 g/mol. The fourth-order valence-electron chi connectivity index (χ4n) is 4.13. The summed E-state index contributed by atoms with van der Waals surface area (Å²) >= 11 is 0. The average Bonchev–Trinajstić information content (AvgIpc) is 2.84. The number of esters is 1. The molecule has 1 aliphatic rings. The number of rotatable bonds is 7. The number of fused-ring (bicyclic) bond motifs is 1. The lowest BCUT2D eigenvalue weighted by molar-refractivity contribution is 0.0524. The number of carbonyl (C=O) groups excluding carboxylic acids is 1. The molecule has 0 spiro atoms. The fraction of sp³-hybridized carbons (Fsp3) is 0.269. The number of pyridine rings is 1. The summed E-state index contributed by atoms with van der Waals surface area (Å²) in [6, 6.07) is 11.6. The standard InChI is InChI=1S/C26H28N4O4/c1-4-29-15-22(26(32)34-5-2)25(31)20-8-7-19(12-23(20)29)21-11-17(6-9-24(21)33-3)10-18-13-28-16-30(27)14-18/h6-9,11-15H,4-5,10,16,27H2,1-3H3. The third kappa shape index (κ3) is 4.58. The highest BCUT2D eigenvalue weighted by Crippen LogP contribution is 2.33. The van der Waals surface area contributed by atoms with Crippen LogP contribution in [0.1, 0.15) is 29.8 Å². The summed E-state index contributed by atoms with van der Waals surface area (Å²) in [6.07, 6.45) is 5.97. The second-order valence-electron chi connectivity index (χ2n) is 7.99. The topological polar surface area (TPSA) is 99.2 Å². The van der Waals surface area contributed by atoms with Crippen molar-refractivity contribution in [2.75, 3.05) is 20.4 Å². The van der Waals surface area contributed by atoms with Crippen molar-refractivity contribution >= 4 is 23.1 Å². The lowest BCUT2D eigenvalue weighted by Gasteiger charge is -2.17. The molecule has 4 rings (SSSR count). The molecule has 0 atom stereocenters. The van der Waals surface area contributed by atoms with Crippen LogP contribution in [0.5, 0.6) is 5.75 Å². The molecular formula is C26H28N4O4. The maximum absolute atomic E-state index is 13.0. The summed E-state index contributed by atoms with van der Waals surface area (Å²) in [7, 11) is 1.63. The molecule has 2 heterocycles. The van der Waals surface area contributed by atoms with E-state index in [1.807, 2.05) is 48.2 Å². The van der Waals surface area contributed by atoms with E-state index in [2.05, 4.69) is 11.1 Å². The zero-order valence-electron chi connectivity index (χ0n) is 19.6. The first kappa shape index (κ1) is 23.3. The van der Waals surface area contributed by atoms with Crippen molar-refractivity contribution in [2.24, 2.45) is 10.8 Å². The number of nitrogens with two attached hydrogens (primary N) is 1. The monoisotopic (exact) mass is 460 g/mol. The van der Waals surface area contributed by atoms with Gasteiger partial charge in [0.15, 0.2) is 0 Å². The maximum atomic E-state index is 13.0. The van der Waals surface area contributed by atoms with Gasteiger partial charge in [0.05, 0.1) is 19.2 Å². The van der Waals surface area contributed by atoms with Crippen LogP contribution in [0.3, 0.4) is 0 Å². The highest BCUT2D eigenvalue weighted by Gasteiger charge is 2.17. The molecule has 0 fully saturated rings. The van der Waals surface area contributed by atoms with Crippen LogP contribution in [0.25, 0.3) is 22.0 Å². The molecule has 0 saturated carbocycles. The summed E-state index contributed by atoms with van der Waals surface area (Å²) in [5, 5.41) is 2.02. The molecule has 34 heavy (non-hydrogen) atoms. The molecule has 176 valence electrons. The predicted molar refractivity (Wildman–Crippen MR) is 133 cm³/mol.